The molecule has 1 aromatic carbocycles. The molecule has 2 saturated heterocycles. The van der Waals surface area contributed by atoms with Crippen molar-refractivity contribution in [1.82, 2.24) is 9.80 Å². The van der Waals surface area contributed by atoms with Gasteiger partial charge >= 0.3 is 0 Å². The summed E-state index contributed by atoms with van der Waals surface area (Å²) < 4.78 is 13.7. The van der Waals surface area contributed by atoms with Crippen LogP contribution >= 0.6 is 0 Å². The summed E-state index contributed by atoms with van der Waals surface area (Å²) in [6.45, 7) is 3.72. The van der Waals surface area contributed by atoms with Crippen LogP contribution < -0.4 is 0 Å². The van der Waals surface area contributed by atoms with Gasteiger partial charge in [-0.05, 0) is 25.3 Å². The molecule has 3 rings (SSSR count). The number of aliphatic hydroxyl groups is 2. The zero-order chi connectivity index (χ0) is 15.5. The molecule has 2 atom stereocenters. The molecular weight excluding hydrogens is 283 g/mol. The molecule has 0 amide bonds. The van der Waals surface area contributed by atoms with Crippen molar-refractivity contribution < 1.29 is 14.6 Å². The van der Waals surface area contributed by atoms with Crippen molar-refractivity contribution in [2.45, 2.75) is 44.1 Å². The number of piperidine rings is 2. The van der Waals surface area contributed by atoms with E-state index in [0.717, 1.165) is 38.9 Å². The summed E-state index contributed by atoms with van der Waals surface area (Å²) in [7, 11) is 0. The molecule has 1 aromatic rings. The highest BCUT2D eigenvalue weighted by atomic mass is 19.1. The number of aliphatic hydroxyl groups excluding tert-OH is 2. The molecule has 0 saturated carbocycles. The van der Waals surface area contributed by atoms with E-state index in [1.54, 1.807) is 12.1 Å². The lowest BCUT2D eigenvalue weighted by atomic mass is 9.96. The summed E-state index contributed by atoms with van der Waals surface area (Å²) in [4.78, 5) is 4.43. The molecule has 0 unspecified atom stereocenters. The molecule has 0 aliphatic carbocycles. The first kappa shape index (κ1) is 15.9. The van der Waals surface area contributed by atoms with Gasteiger partial charge in [-0.15, -0.1) is 0 Å². The van der Waals surface area contributed by atoms with E-state index < -0.39 is 6.10 Å². The van der Waals surface area contributed by atoms with Crippen LogP contribution in [-0.2, 0) is 6.54 Å². The van der Waals surface area contributed by atoms with Gasteiger partial charge in [0.25, 0.3) is 0 Å². The molecule has 2 fully saturated rings. The Labute approximate surface area is 131 Å². The lowest BCUT2D eigenvalue weighted by Gasteiger charge is -2.43. The van der Waals surface area contributed by atoms with Crippen LogP contribution in [0.3, 0.4) is 0 Å². The third-order valence-electron chi connectivity index (χ3n) is 4.95. The van der Waals surface area contributed by atoms with Crippen LogP contribution in [0.1, 0.15) is 24.8 Å². The SMILES string of the molecule is OC1CCN([C@@H]2CCN(Cc3ccccc3F)C[C@H]2O)CC1. The summed E-state index contributed by atoms with van der Waals surface area (Å²) in [5.74, 6) is -0.177. The molecule has 0 aromatic heterocycles. The minimum absolute atomic E-state index is 0.171. The Morgan fingerprint density at radius 3 is 2.45 bits per heavy atom. The summed E-state index contributed by atoms with van der Waals surface area (Å²) in [6.07, 6.45) is 1.89. The summed E-state index contributed by atoms with van der Waals surface area (Å²) in [6, 6.07) is 7.01. The third-order valence-corrected chi connectivity index (χ3v) is 4.95. The highest BCUT2D eigenvalue weighted by molar-refractivity contribution is 5.17. The summed E-state index contributed by atoms with van der Waals surface area (Å²) >= 11 is 0. The second-order valence-corrected chi connectivity index (χ2v) is 6.52. The van der Waals surface area contributed by atoms with Crippen molar-refractivity contribution in [3.05, 3.63) is 35.6 Å². The van der Waals surface area contributed by atoms with Crippen LogP contribution in [0.5, 0.6) is 0 Å². The molecule has 5 heteroatoms. The predicted octanol–water partition coefficient (Wildman–Crippen LogP) is 1.22. The van der Waals surface area contributed by atoms with Crippen molar-refractivity contribution >= 4 is 0 Å². The van der Waals surface area contributed by atoms with Gasteiger partial charge in [-0.25, -0.2) is 4.39 Å². The number of β-amino-alcohol motifs (C(OH)–C–C–N with tert-alkyl or cyclic N) is 1. The maximum Gasteiger partial charge on any atom is 0.127 e. The van der Waals surface area contributed by atoms with E-state index in [1.807, 2.05) is 6.07 Å². The topological polar surface area (TPSA) is 46.9 Å². The highest BCUT2D eigenvalue weighted by Gasteiger charge is 2.33. The standard InChI is InChI=1S/C17H25FN2O2/c18-15-4-2-1-3-13(15)11-19-8-7-16(17(22)12-19)20-9-5-14(21)6-10-20/h1-4,14,16-17,21-22H,5-12H2/t16-,17-/m1/s1. The molecule has 4 nitrogen and oxygen atoms in total. The van der Waals surface area contributed by atoms with Crippen molar-refractivity contribution in [1.29, 1.82) is 0 Å². The molecule has 22 heavy (non-hydrogen) atoms. The maximum absolute atomic E-state index is 13.7. The first-order chi connectivity index (χ1) is 10.6. The lowest BCUT2D eigenvalue weighted by Crippen LogP contribution is -2.55. The van der Waals surface area contributed by atoms with E-state index in [0.29, 0.717) is 18.7 Å². The van der Waals surface area contributed by atoms with Crippen LogP contribution in [-0.4, -0.2) is 64.4 Å². The number of hydrogen-bond donors (Lipinski definition) is 2. The van der Waals surface area contributed by atoms with Crippen LogP contribution in [0, 0.1) is 5.82 Å². The molecule has 0 radical (unpaired) electrons. The molecule has 0 bridgehead atoms. The van der Waals surface area contributed by atoms with Crippen LogP contribution in [0.4, 0.5) is 4.39 Å². The number of halogens is 1. The molecule has 2 aliphatic heterocycles. The third kappa shape index (κ3) is 3.66. The number of nitrogens with zero attached hydrogens (tertiary/aromatic N) is 2. The first-order valence-electron chi connectivity index (χ1n) is 8.19. The van der Waals surface area contributed by atoms with Crippen molar-refractivity contribution in [3.8, 4) is 0 Å². The van der Waals surface area contributed by atoms with Crippen LogP contribution in [0.15, 0.2) is 24.3 Å². The Kier molecular flexibility index (Phi) is 5.08. The van der Waals surface area contributed by atoms with Gasteiger partial charge in [0.1, 0.15) is 5.82 Å². The number of likely N-dealkylation sites (tertiary alicyclic amines) is 2. The molecule has 2 N–H and O–H groups in total. The Hall–Kier alpha value is -1.01. The van der Waals surface area contributed by atoms with E-state index in [4.69, 9.17) is 0 Å². The first-order valence-corrected chi connectivity index (χ1v) is 8.19. The summed E-state index contributed by atoms with van der Waals surface area (Å²) in [5.41, 5.74) is 0.689. The predicted molar refractivity (Wildman–Crippen MR) is 82.9 cm³/mol. The van der Waals surface area contributed by atoms with E-state index in [9.17, 15) is 14.6 Å². The van der Waals surface area contributed by atoms with Gasteiger partial charge < -0.3 is 10.2 Å². The number of rotatable bonds is 3. The van der Waals surface area contributed by atoms with E-state index in [1.165, 1.54) is 6.07 Å². The zero-order valence-electron chi connectivity index (χ0n) is 12.9. The lowest BCUT2D eigenvalue weighted by molar-refractivity contribution is -0.0357. The molecule has 2 heterocycles. The van der Waals surface area contributed by atoms with Crippen molar-refractivity contribution in [2.75, 3.05) is 26.2 Å². The van der Waals surface area contributed by atoms with Gasteiger partial charge in [0.05, 0.1) is 12.2 Å². The van der Waals surface area contributed by atoms with Gasteiger partial charge in [-0.1, -0.05) is 18.2 Å². The maximum atomic E-state index is 13.7. The fourth-order valence-electron chi connectivity index (χ4n) is 3.64. The Morgan fingerprint density at radius 2 is 1.77 bits per heavy atom. The normalized spacial score (nSPS) is 28.9. The average molecular weight is 308 g/mol. The van der Waals surface area contributed by atoms with Gasteiger partial charge in [-0.2, -0.15) is 0 Å². The fourth-order valence-corrected chi connectivity index (χ4v) is 3.64. The van der Waals surface area contributed by atoms with Gasteiger partial charge in [0.2, 0.25) is 0 Å². The fraction of sp³-hybridized carbons (Fsp3) is 0.647. The second-order valence-electron chi connectivity index (χ2n) is 6.52. The average Bonchev–Trinajstić information content (AvgIpc) is 2.51. The molecule has 122 valence electrons. The Balaban J connectivity index is 1.55. The van der Waals surface area contributed by atoms with E-state index in [-0.39, 0.29) is 18.0 Å². The highest BCUT2D eigenvalue weighted by Crippen LogP contribution is 2.23. The van der Waals surface area contributed by atoms with Gasteiger partial charge in [0.15, 0.2) is 0 Å². The number of benzene rings is 1. The van der Waals surface area contributed by atoms with E-state index in [2.05, 4.69) is 9.80 Å². The van der Waals surface area contributed by atoms with Gasteiger partial charge in [0, 0.05) is 44.3 Å². The molecule has 0 spiro atoms. The minimum Gasteiger partial charge on any atom is -0.393 e. The Morgan fingerprint density at radius 1 is 1.05 bits per heavy atom. The summed E-state index contributed by atoms with van der Waals surface area (Å²) in [5, 5.41) is 20.1. The molecular formula is C17H25FN2O2. The van der Waals surface area contributed by atoms with Crippen LogP contribution in [0.25, 0.3) is 0 Å². The van der Waals surface area contributed by atoms with Gasteiger partial charge in [-0.3, -0.25) is 9.80 Å². The second kappa shape index (κ2) is 7.04. The van der Waals surface area contributed by atoms with Crippen molar-refractivity contribution in [3.63, 3.8) is 0 Å². The van der Waals surface area contributed by atoms with Crippen LogP contribution in [0.2, 0.25) is 0 Å². The Bertz CT molecular complexity index is 491. The number of hydrogen-bond acceptors (Lipinski definition) is 4. The quantitative estimate of drug-likeness (QED) is 0.881. The largest absolute Gasteiger partial charge is 0.393 e. The monoisotopic (exact) mass is 308 g/mol. The molecule has 2 aliphatic rings. The van der Waals surface area contributed by atoms with Crippen molar-refractivity contribution in [2.24, 2.45) is 0 Å². The van der Waals surface area contributed by atoms with E-state index >= 15 is 0 Å². The zero-order valence-corrected chi connectivity index (χ0v) is 12.9. The minimum atomic E-state index is -0.407. The smallest absolute Gasteiger partial charge is 0.127 e.